The summed E-state index contributed by atoms with van der Waals surface area (Å²) in [7, 11) is 0. The lowest BCUT2D eigenvalue weighted by molar-refractivity contribution is -0.384. The third-order valence-corrected chi connectivity index (χ3v) is 4.44. The molecule has 0 aliphatic rings. The Morgan fingerprint density at radius 1 is 1.00 bits per heavy atom. The lowest BCUT2D eigenvalue weighted by Gasteiger charge is -2.11. The summed E-state index contributed by atoms with van der Waals surface area (Å²) < 4.78 is 1.34. The maximum atomic E-state index is 12.2. The Kier molecular flexibility index (Phi) is 4.67. The van der Waals surface area contributed by atoms with E-state index >= 15 is 0 Å². The van der Waals surface area contributed by atoms with Crippen LogP contribution in [0.3, 0.4) is 0 Å². The molecular weight excluding hydrogens is 330 g/mol. The van der Waals surface area contributed by atoms with Gasteiger partial charge in [-0.05, 0) is 55.2 Å². The monoisotopic (exact) mass is 349 g/mol. The Morgan fingerprint density at radius 2 is 1.73 bits per heavy atom. The number of nitro groups is 1. The van der Waals surface area contributed by atoms with Crippen LogP contribution in [0.1, 0.15) is 22.3 Å². The Morgan fingerprint density at radius 3 is 2.46 bits per heavy atom. The molecule has 1 heterocycles. The maximum absolute atomic E-state index is 12.2. The summed E-state index contributed by atoms with van der Waals surface area (Å²) in [5.74, 6) is 0. The zero-order chi connectivity index (χ0) is 18.8. The van der Waals surface area contributed by atoms with Gasteiger partial charge in [0.1, 0.15) is 0 Å². The molecule has 0 bridgehead atoms. The largest absolute Gasteiger partial charge is 0.269 e. The van der Waals surface area contributed by atoms with Crippen molar-refractivity contribution >= 4 is 5.69 Å². The third kappa shape index (κ3) is 3.54. The highest BCUT2D eigenvalue weighted by Gasteiger charge is 2.10. The second-order valence-corrected chi connectivity index (χ2v) is 6.39. The minimum atomic E-state index is -0.450. The van der Waals surface area contributed by atoms with Gasteiger partial charge in [0, 0.05) is 23.8 Å². The van der Waals surface area contributed by atoms with E-state index in [1.54, 1.807) is 18.2 Å². The summed E-state index contributed by atoms with van der Waals surface area (Å²) in [6.07, 6.45) is 0. The van der Waals surface area contributed by atoms with Crippen molar-refractivity contribution in [3.63, 3.8) is 0 Å². The molecule has 0 aliphatic carbocycles. The van der Waals surface area contributed by atoms with Gasteiger partial charge in [0.15, 0.2) is 0 Å². The maximum Gasteiger partial charge on any atom is 0.269 e. The van der Waals surface area contributed by atoms with Crippen LogP contribution in [0.15, 0.2) is 53.3 Å². The molecule has 0 saturated carbocycles. The fourth-order valence-electron chi connectivity index (χ4n) is 2.88. The van der Waals surface area contributed by atoms with E-state index in [2.05, 4.69) is 24.2 Å². The van der Waals surface area contributed by atoms with E-state index in [0.29, 0.717) is 11.3 Å². The van der Waals surface area contributed by atoms with Crippen LogP contribution in [-0.4, -0.2) is 14.7 Å². The normalized spacial score (nSPS) is 10.7. The van der Waals surface area contributed by atoms with Crippen LogP contribution < -0.4 is 5.56 Å². The van der Waals surface area contributed by atoms with Gasteiger partial charge in [-0.25, -0.2) is 4.68 Å². The van der Waals surface area contributed by atoms with E-state index in [-0.39, 0.29) is 17.8 Å². The highest BCUT2D eigenvalue weighted by molar-refractivity contribution is 5.64. The summed E-state index contributed by atoms with van der Waals surface area (Å²) in [4.78, 5) is 22.7. The molecule has 1 aromatic heterocycles. The summed E-state index contributed by atoms with van der Waals surface area (Å²) in [6.45, 7) is 6.29. The van der Waals surface area contributed by atoms with Crippen molar-refractivity contribution in [1.82, 2.24) is 9.78 Å². The number of nitrogens with zero attached hydrogens (tertiary/aromatic N) is 3. The van der Waals surface area contributed by atoms with Gasteiger partial charge in [-0.15, -0.1) is 0 Å². The van der Waals surface area contributed by atoms with Crippen LogP contribution in [0.5, 0.6) is 0 Å². The minimum Gasteiger partial charge on any atom is -0.268 e. The lowest BCUT2D eigenvalue weighted by Crippen LogP contribution is -2.23. The average molecular weight is 349 g/mol. The first-order valence-corrected chi connectivity index (χ1v) is 8.25. The van der Waals surface area contributed by atoms with Crippen LogP contribution in [0.4, 0.5) is 5.69 Å². The molecule has 0 radical (unpaired) electrons. The fraction of sp³-hybridized carbons (Fsp3) is 0.200. The molecule has 6 heteroatoms. The number of nitro benzene ring substituents is 1. The molecule has 0 fully saturated rings. The Hall–Kier alpha value is -3.28. The van der Waals surface area contributed by atoms with Gasteiger partial charge in [-0.1, -0.05) is 18.2 Å². The molecule has 3 rings (SSSR count). The highest BCUT2D eigenvalue weighted by atomic mass is 16.6. The second-order valence-electron chi connectivity index (χ2n) is 6.39. The molecule has 0 aliphatic heterocycles. The zero-order valence-corrected chi connectivity index (χ0v) is 14.9. The molecule has 0 atom stereocenters. The Bertz CT molecular complexity index is 1050. The van der Waals surface area contributed by atoms with Crippen molar-refractivity contribution in [1.29, 1.82) is 0 Å². The number of aromatic nitrogens is 2. The number of benzene rings is 2. The van der Waals surface area contributed by atoms with E-state index in [1.807, 2.05) is 13.8 Å². The van der Waals surface area contributed by atoms with Crippen LogP contribution in [0, 0.1) is 30.9 Å². The van der Waals surface area contributed by atoms with E-state index < -0.39 is 4.92 Å². The predicted molar refractivity (Wildman–Crippen MR) is 100 cm³/mol. The van der Waals surface area contributed by atoms with Gasteiger partial charge in [0.05, 0.1) is 17.2 Å². The molecule has 0 saturated heterocycles. The standard InChI is InChI=1S/C20H19N3O3/c1-13-9-15(3)18(10-14(13)2)19-7-8-20(24)22(21-19)12-16-5-4-6-17(11-16)23(25)26/h4-11H,12H2,1-3H3. The number of non-ortho nitro benzene ring substituents is 1. The van der Waals surface area contributed by atoms with Crippen molar-refractivity contribution in [3.05, 3.63) is 91.3 Å². The SMILES string of the molecule is Cc1cc(C)c(-c2ccc(=O)n(Cc3cccc([N+](=O)[O-])c3)n2)cc1C. The minimum absolute atomic E-state index is 0.00305. The first kappa shape index (κ1) is 17.5. The zero-order valence-electron chi connectivity index (χ0n) is 14.9. The van der Waals surface area contributed by atoms with Crippen LogP contribution >= 0.6 is 0 Å². The quantitative estimate of drug-likeness (QED) is 0.530. The van der Waals surface area contributed by atoms with Gasteiger partial charge in [0.2, 0.25) is 0 Å². The van der Waals surface area contributed by atoms with Gasteiger partial charge >= 0.3 is 0 Å². The third-order valence-electron chi connectivity index (χ3n) is 4.44. The molecule has 132 valence electrons. The number of rotatable bonds is 4. The summed E-state index contributed by atoms with van der Waals surface area (Å²) in [5.41, 5.74) is 5.53. The van der Waals surface area contributed by atoms with Crippen LogP contribution in [0.25, 0.3) is 11.3 Å². The predicted octanol–water partition coefficient (Wildman–Crippen LogP) is 3.79. The molecule has 6 nitrogen and oxygen atoms in total. The molecule has 0 amide bonds. The molecule has 0 unspecified atom stereocenters. The molecular formula is C20H19N3O3. The fourth-order valence-corrected chi connectivity index (χ4v) is 2.88. The van der Waals surface area contributed by atoms with Gasteiger partial charge in [0.25, 0.3) is 11.2 Å². The first-order chi connectivity index (χ1) is 12.3. The van der Waals surface area contributed by atoms with E-state index in [1.165, 1.54) is 28.4 Å². The summed E-state index contributed by atoms with van der Waals surface area (Å²) in [5, 5.41) is 15.4. The van der Waals surface area contributed by atoms with Crippen molar-refractivity contribution in [3.8, 4) is 11.3 Å². The second kappa shape index (κ2) is 6.92. The van der Waals surface area contributed by atoms with Crippen LogP contribution in [0.2, 0.25) is 0 Å². The van der Waals surface area contributed by atoms with E-state index in [0.717, 1.165) is 16.7 Å². The number of hydrogen-bond acceptors (Lipinski definition) is 4. The molecule has 0 N–H and O–H groups in total. The summed E-state index contributed by atoms with van der Waals surface area (Å²) in [6, 6.07) is 13.6. The van der Waals surface area contributed by atoms with Crippen LogP contribution in [-0.2, 0) is 6.54 Å². The molecule has 26 heavy (non-hydrogen) atoms. The van der Waals surface area contributed by atoms with E-state index in [9.17, 15) is 14.9 Å². The van der Waals surface area contributed by atoms with Gasteiger partial charge < -0.3 is 0 Å². The number of hydrogen-bond donors (Lipinski definition) is 0. The average Bonchev–Trinajstić information content (AvgIpc) is 2.60. The van der Waals surface area contributed by atoms with Crippen molar-refractivity contribution in [2.45, 2.75) is 27.3 Å². The van der Waals surface area contributed by atoms with Crippen molar-refractivity contribution in [2.75, 3.05) is 0 Å². The van der Waals surface area contributed by atoms with Gasteiger partial charge in [-0.2, -0.15) is 5.10 Å². The van der Waals surface area contributed by atoms with E-state index in [4.69, 9.17) is 0 Å². The Labute approximate surface area is 150 Å². The highest BCUT2D eigenvalue weighted by Crippen LogP contribution is 2.24. The smallest absolute Gasteiger partial charge is 0.268 e. The topological polar surface area (TPSA) is 78.0 Å². The molecule has 0 spiro atoms. The lowest BCUT2D eigenvalue weighted by atomic mass is 9.99. The molecule has 2 aromatic carbocycles. The van der Waals surface area contributed by atoms with Gasteiger partial charge in [-0.3, -0.25) is 14.9 Å². The summed E-state index contributed by atoms with van der Waals surface area (Å²) >= 11 is 0. The Balaban J connectivity index is 2.01. The van der Waals surface area contributed by atoms with Crippen molar-refractivity contribution in [2.24, 2.45) is 0 Å². The first-order valence-electron chi connectivity index (χ1n) is 8.25. The molecule has 3 aromatic rings. The van der Waals surface area contributed by atoms with Crippen molar-refractivity contribution < 1.29 is 4.92 Å². The number of aryl methyl sites for hydroxylation is 3.